The summed E-state index contributed by atoms with van der Waals surface area (Å²) in [4.78, 5) is 0. The minimum Gasteiger partial charge on any atom is -0.383 e. The maximum Gasteiger partial charge on any atom is 0.0969 e. The van der Waals surface area contributed by atoms with Gasteiger partial charge in [-0.3, -0.25) is 0 Å². The molecule has 0 aliphatic carbocycles. The van der Waals surface area contributed by atoms with Gasteiger partial charge in [0.15, 0.2) is 0 Å². The standard InChI is InChI=1S/C14H20N4O/c1-11-4-5-12(2)14(8-11)18-10-13(16-17-18)9-15-6-7-19-3/h4-5,8,10,15H,6-7,9H2,1-3H3. The van der Waals surface area contributed by atoms with Gasteiger partial charge >= 0.3 is 0 Å². The molecule has 0 unspecified atom stereocenters. The molecule has 0 amide bonds. The molecule has 0 atom stereocenters. The Morgan fingerprint density at radius 1 is 1.32 bits per heavy atom. The fourth-order valence-corrected chi connectivity index (χ4v) is 1.85. The highest BCUT2D eigenvalue weighted by Gasteiger charge is 2.05. The van der Waals surface area contributed by atoms with Crippen molar-refractivity contribution in [3.05, 3.63) is 41.2 Å². The SMILES string of the molecule is COCCNCc1cn(-c2cc(C)ccc2C)nn1. The summed E-state index contributed by atoms with van der Waals surface area (Å²) in [6, 6.07) is 6.32. The minimum atomic E-state index is 0.700. The summed E-state index contributed by atoms with van der Waals surface area (Å²) in [5.74, 6) is 0. The zero-order valence-electron chi connectivity index (χ0n) is 11.7. The van der Waals surface area contributed by atoms with E-state index in [1.165, 1.54) is 11.1 Å². The van der Waals surface area contributed by atoms with Crippen LogP contribution in [-0.4, -0.2) is 35.3 Å². The lowest BCUT2D eigenvalue weighted by Crippen LogP contribution is -2.18. The van der Waals surface area contributed by atoms with E-state index in [0.717, 1.165) is 17.9 Å². The summed E-state index contributed by atoms with van der Waals surface area (Å²) in [5, 5.41) is 11.6. The highest BCUT2D eigenvalue weighted by Crippen LogP contribution is 2.14. The number of nitrogens with one attached hydrogen (secondary N) is 1. The molecule has 2 rings (SSSR count). The molecule has 2 aromatic rings. The van der Waals surface area contributed by atoms with Crippen molar-refractivity contribution in [3.8, 4) is 5.69 Å². The Morgan fingerprint density at radius 2 is 2.16 bits per heavy atom. The van der Waals surface area contributed by atoms with E-state index in [1.54, 1.807) is 7.11 Å². The van der Waals surface area contributed by atoms with Crippen LogP contribution in [-0.2, 0) is 11.3 Å². The van der Waals surface area contributed by atoms with Gasteiger partial charge in [-0.05, 0) is 31.0 Å². The van der Waals surface area contributed by atoms with Gasteiger partial charge in [0.05, 0.1) is 24.2 Å². The van der Waals surface area contributed by atoms with Gasteiger partial charge in [-0.15, -0.1) is 5.10 Å². The van der Waals surface area contributed by atoms with Crippen molar-refractivity contribution in [1.29, 1.82) is 0 Å². The molecule has 0 aliphatic heterocycles. The van der Waals surface area contributed by atoms with Crippen LogP contribution in [0.2, 0.25) is 0 Å². The van der Waals surface area contributed by atoms with Crippen molar-refractivity contribution in [1.82, 2.24) is 20.3 Å². The molecule has 0 saturated heterocycles. The first-order valence-corrected chi connectivity index (χ1v) is 6.39. The molecule has 0 bridgehead atoms. The van der Waals surface area contributed by atoms with E-state index >= 15 is 0 Å². The Morgan fingerprint density at radius 3 is 2.95 bits per heavy atom. The van der Waals surface area contributed by atoms with Crippen molar-refractivity contribution < 1.29 is 4.74 Å². The molecule has 0 aliphatic rings. The highest BCUT2D eigenvalue weighted by molar-refractivity contribution is 5.42. The van der Waals surface area contributed by atoms with E-state index in [9.17, 15) is 0 Å². The third-order valence-electron chi connectivity index (χ3n) is 2.94. The summed E-state index contributed by atoms with van der Waals surface area (Å²) in [6.07, 6.45) is 1.96. The molecular weight excluding hydrogens is 240 g/mol. The fraction of sp³-hybridized carbons (Fsp3) is 0.429. The van der Waals surface area contributed by atoms with Gasteiger partial charge in [0.1, 0.15) is 0 Å². The van der Waals surface area contributed by atoms with E-state index in [-0.39, 0.29) is 0 Å². The first-order chi connectivity index (χ1) is 9.20. The predicted molar refractivity (Wildman–Crippen MR) is 74.4 cm³/mol. The maximum absolute atomic E-state index is 4.98. The van der Waals surface area contributed by atoms with Gasteiger partial charge in [-0.2, -0.15) is 0 Å². The van der Waals surface area contributed by atoms with E-state index in [0.29, 0.717) is 13.2 Å². The van der Waals surface area contributed by atoms with Gasteiger partial charge in [-0.25, -0.2) is 4.68 Å². The summed E-state index contributed by atoms with van der Waals surface area (Å²) in [5.41, 5.74) is 4.41. The van der Waals surface area contributed by atoms with E-state index < -0.39 is 0 Å². The number of hydrogen-bond acceptors (Lipinski definition) is 4. The lowest BCUT2D eigenvalue weighted by molar-refractivity contribution is 0.199. The molecule has 5 heteroatoms. The lowest BCUT2D eigenvalue weighted by Gasteiger charge is -2.05. The second kappa shape index (κ2) is 6.45. The lowest BCUT2D eigenvalue weighted by atomic mass is 10.1. The second-order valence-electron chi connectivity index (χ2n) is 4.61. The topological polar surface area (TPSA) is 52.0 Å². The molecule has 1 aromatic heterocycles. The van der Waals surface area contributed by atoms with E-state index in [2.05, 4.69) is 47.7 Å². The number of aromatic nitrogens is 3. The van der Waals surface area contributed by atoms with Gasteiger partial charge in [0, 0.05) is 20.2 Å². The number of rotatable bonds is 6. The average molecular weight is 260 g/mol. The summed E-state index contributed by atoms with van der Waals surface area (Å²) in [6.45, 7) is 6.37. The van der Waals surface area contributed by atoms with Crippen LogP contribution in [0.1, 0.15) is 16.8 Å². The molecule has 0 fully saturated rings. The second-order valence-corrected chi connectivity index (χ2v) is 4.61. The molecule has 0 radical (unpaired) electrons. The number of methoxy groups -OCH3 is 1. The molecule has 19 heavy (non-hydrogen) atoms. The first kappa shape index (κ1) is 13.7. The van der Waals surface area contributed by atoms with Gasteiger partial charge in [0.2, 0.25) is 0 Å². The highest BCUT2D eigenvalue weighted by atomic mass is 16.5. The van der Waals surface area contributed by atoms with Crippen LogP contribution in [0.15, 0.2) is 24.4 Å². The number of ether oxygens (including phenoxy) is 1. The quantitative estimate of drug-likeness (QED) is 0.802. The van der Waals surface area contributed by atoms with Crippen LogP contribution >= 0.6 is 0 Å². The Balaban J connectivity index is 2.06. The van der Waals surface area contributed by atoms with Crippen LogP contribution in [0, 0.1) is 13.8 Å². The third-order valence-corrected chi connectivity index (χ3v) is 2.94. The molecule has 1 heterocycles. The normalized spacial score (nSPS) is 10.9. The molecule has 5 nitrogen and oxygen atoms in total. The monoisotopic (exact) mass is 260 g/mol. The van der Waals surface area contributed by atoms with Crippen molar-refractivity contribution in [2.24, 2.45) is 0 Å². The Kier molecular flexibility index (Phi) is 4.65. The third kappa shape index (κ3) is 3.62. The molecule has 102 valence electrons. The average Bonchev–Trinajstić information content (AvgIpc) is 2.86. The number of nitrogens with zero attached hydrogens (tertiary/aromatic N) is 3. The largest absolute Gasteiger partial charge is 0.383 e. The van der Waals surface area contributed by atoms with Crippen molar-refractivity contribution in [3.63, 3.8) is 0 Å². The van der Waals surface area contributed by atoms with Crippen LogP contribution < -0.4 is 5.32 Å². The zero-order valence-corrected chi connectivity index (χ0v) is 11.7. The van der Waals surface area contributed by atoms with Crippen LogP contribution in [0.3, 0.4) is 0 Å². The maximum atomic E-state index is 4.98. The van der Waals surface area contributed by atoms with E-state index in [1.807, 2.05) is 10.9 Å². The molecule has 0 spiro atoms. The minimum absolute atomic E-state index is 0.700. The zero-order chi connectivity index (χ0) is 13.7. The van der Waals surface area contributed by atoms with Crippen molar-refractivity contribution in [2.45, 2.75) is 20.4 Å². The molecule has 1 aromatic carbocycles. The summed E-state index contributed by atoms with van der Waals surface area (Å²) < 4.78 is 6.81. The number of aryl methyl sites for hydroxylation is 2. The van der Waals surface area contributed by atoms with Crippen LogP contribution in [0.4, 0.5) is 0 Å². The first-order valence-electron chi connectivity index (χ1n) is 6.39. The van der Waals surface area contributed by atoms with Gasteiger partial charge in [-0.1, -0.05) is 17.3 Å². The Labute approximate surface area is 113 Å². The summed E-state index contributed by atoms with van der Waals surface area (Å²) >= 11 is 0. The van der Waals surface area contributed by atoms with Gasteiger partial charge in [0.25, 0.3) is 0 Å². The van der Waals surface area contributed by atoms with Crippen LogP contribution in [0.5, 0.6) is 0 Å². The molecular formula is C14H20N4O. The number of benzene rings is 1. The van der Waals surface area contributed by atoms with E-state index in [4.69, 9.17) is 4.74 Å². The Hall–Kier alpha value is -1.72. The fourth-order valence-electron chi connectivity index (χ4n) is 1.85. The summed E-state index contributed by atoms with van der Waals surface area (Å²) in [7, 11) is 1.69. The van der Waals surface area contributed by atoms with Crippen molar-refractivity contribution in [2.75, 3.05) is 20.3 Å². The molecule has 1 N–H and O–H groups in total. The molecule has 0 saturated carbocycles. The Bertz CT molecular complexity index is 536. The smallest absolute Gasteiger partial charge is 0.0969 e. The predicted octanol–water partition coefficient (Wildman–Crippen LogP) is 1.62. The van der Waals surface area contributed by atoms with Crippen LogP contribution in [0.25, 0.3) is 5.69 Å². The van der Waals surface area contributed by atoms with Crippen molar-refractivity contribution >= 4 is 0 Å². The number of hydrogen-bond donors (Lipinski definition) is 1. The van der Waals surface area contributed by atoms with Gasteiger partial charge < -0.3 is 10.1 Å².